The predicted molar refractivity (Wildman–Crippen MR) is 111 cm³/mol. The molecule has 1 aromatic carbocycles. The number of phenolic OH excluding ortho intramolecular Hbond substituents is 1. The zero-order chi connectivity index (χ0) is 20.3. The van der Waals surface area contributed by atoms with E-state index in [0.29, 0.717) is 30.1 Å². The standard InChI is InChI=1S/C23H36N2O3/c1-4-20(24-23(28)19-10-7-11-21(26)16(19)3)22(27)14-25-13-18-9-6-5-8-17(18)12-15(25)2/h7,10-11,15,17-18,20,22,26-27H,4-6,8-9,12-14H2,1-3H3,(H,24,28)/t15-,17+,18-,20+,22-/m1/s1. The molecule has 1 aromatic rings. The molecular weight excluding hydrogens is 352 g/mol. The Hall–Kier alpha value is -1.59. The molecule has 0 bridgehead atoms. The summed E-state index contributed by atoms with van der Waals surface area (Å²) < 4.78 is 0. The first kappa shape index (κ1) is 21.1. The van der Waals surface area contributed by atoms with E-state index in [2.05, 4.69) is 17.1 Å². The van der Waals surface area contributed by atoms with Gasteiger partial charge in [0.2, 0.25) is 0 Å². The lowest BCUT2D eigenvalue weighted by Gasteiger charge is -2.46. The van der Waals surface area contributed by atoms with Crippen molar-refractivity contribution in [2.45, 2.75) is 77.5 Å². The normalized spacial score (nSPS) is 27.6. The van der Waals surface area contributed by atoms with Crippen molar-refractivity contribution in [2.24, 2.45) is 11.8 Å². The Balaban J connectivity index is 1.60. The summed E-state index contributed by atoms with van der Waals surface area (Å²) in [5.74, 6) is 1.50. The highest BCUT2D eigenvalue weighted by atomic mass is 16.3. The van der Waals surface area contributed by atoms with E-state index in [4.69, 9.17) is 0 Å². The van der Waals surface area contributed by atoms with E-state index in [1.807, 2.05) is 6.92 Å². The fourth-order valence-electron chi connectivity index (χ4n) is 5.11. The molecule has 5 heteroatoms. The van der Waals surface area contributed by atoms with Gasteiger partial charge in [-0.05, 0) is 57.1 Å². The molecule has 0 aromatic heterocycles. The van der Waals surface area contributed by atoms with Gasteiger partial charge in [0.15, 0.2) is 0 Å². The number of aliphatic hydroxyl groups excluding tert-OH is 1. The van der Waals surface area contributed by atoms with Crippen LogP contribution in [0.3, 0.4) is 0 Å². The molecule has 0 radical (unpaired) electrons. The summed E-state index contributed by atoms with van der Waals surface area (Å²) >= 11 is 0. The Kier molecular flexibility index (Phi) is 7.00. The Bertz CT molecular complexity index is 678. The van der Waals surface area contributed by atoms with Gasteiger partial charge in [-0.3, -0.25) is 9.69 Å². The van der Waals surface area contributed by atoms with Gasteiger partial charge in [0.25, 0.3) is 5.91 Å². The molecule has 5 nitrogen and oxygen atoms in total. The molecule has 3 rings (SSSR count). The number of rotatable bonds is 6. The number of benzene rings is 1. The Morgan fingerprint density at radius 2 is 2.00 bits per heavy atom. The number of hydrogen-bond donors (Lipinski definition) is 3. The summed E-state index contributed by atoms with van der Waals surface area (Å²) in [6.45, 7) is 7.66. The van der Waals surface area contributed by atoms with Crippen LogP contribution in [0.1, 0.15) is 68.3 Å². The highest BCUT2D eigenvalue weighted by molar-refractivity contribution is 5.96. The van der Waals surface area contributed by atoms with Crippen molar-refractivity contribution in [3.63, 3.8) is 0 Å². The molecule has 1 aliphatic carbocycles. The third-order valence-corrected chi connectivity index (χ3v) is 6.99. The first-order valence-electron chi connectivity index (χ1n) is 10.9. The van der Waals surface area contributed by atoms with E-state index in [9.17, 15) is 15.0 Å². The van der Waals surface area contributed by atoms with E-state index in [0.717, 1.165) is 18.4 Å². The molecule has 1 amide bonds. The van der Waals surface area contributed by atoms with E-state index in [1.54, 1.807) is 25.1 Å². The summed E-state index contributed by atoms with van der Waals surface area (Å²) in [4.78, 5) is 15.1. The monoisotopic (exact) mass is 388 g/mol. The highest BCUT2D eigenvalue weighted by Gasteiger charge is 2.36. The first-order valence-corrected chi connectivity index (χ1v) is 10.9. The largest absolute Gasteiger partial charge is 0.508 e. The molecule has 1 heterocycles. The van der Waals surface area contributed by atoms with E-state index < -0.39 is 6.10 Å². The Morgan fingerprint density at radius 3 is 2.71 bits per heavy atom. The second kappa shape index (κ2) is 9.27. The number of likely N-dealkylation sites (tertiary alicyclic amines) is 1. The van der Waals surface area contributed by atoms with E-state index >= 15 is 0 Å². The highest BCUT2D eigenvalue weighted by Crippen LogP contribution is 2.38. The van der Waals surface area contributed by atoms with Crippen LogP contribution in [-0.2, 0) is 0 Å². The number of aromatic hydroxyl groups is 1. The number of carbonyl (C=O) groups excluding carboxylic acids is 1. The van der Waals surface area contributed by atoms with Crippen LogP contribution in [0.25, 0.3) is 0 Å². The van der Waals surface area contributed by atoms with Crippen LogP contribution in [0.2, 0.25) is 0 Å². The lowest BCUT2D eigenvalue weighted by molar-refractivity contribution is 0.00321. The van der Waals surface area contributed by atoms with Crippen molar-refractivity contribution in [2.75, 3.05) is 13.1 Å². The van der Waals surface area contributed by atoms with Crippen LogP contribution in [0.5, 0.6) is 5.75 Å². The summed E-state index contributed by atoms with van der Waals surface area (Å²) in [6, 6.07) is 5.14. The van der Waals surface area contributed by atoms with Gasteiger partial charge in [0, 0.05) is 30.3 Å². The second-order valence-corrected chi connectivity index (χ2v) is 8.85. The zero-order valence-corrected chi connectivity index (χ0v) is 17.5. The van der Waals surface area contributed by atoms with Crippen LogP contribution >= 0.6 is 0 Å². The first-order chi connectivity index (χ1) is 13.4. The van der Waals surface area contributed by atoms with Gasteiger partial charge >= 0.3 is 0 Å². The van der Waals surface area contributed by atoms with Gasteiger partial charge < -0.3 is 15.5 Å². The molecule has 156 valence electrons. The van der Waals surface area contributed by atoms with E-state index in [-0.39, 0.29) is 17.7 Å². The van der Waals surface area contributed by atoms with Crippen molar-refractivity contribution < 1.29 is 15.0 Å². The molecule has 2 fully saturated rings. The minimum Gasteiger partial charge on any atom is -0.508 e. The summed E-state index contributed by atoms with van der Waals surface area (Å²) in [5, 5.41) is 23.7. The van der Waals surface area contributed by atoms with Crippen molar-refractivity contribution in [3.05, 3.63) is 29.3 Å². The molecule has 1 saturated carbocycles. The molecular formula is C23H36N2O3. The lowest BCUT2D eigenvalue weighted by atomic mass is 9.73. The number of nitrogens with one attached hydrogen (secondary N) is 1. The molecule has 2 aliphatic rings. The van der Waals surface area contributed by atoms with Crippen LogP contribution in [0, 0.1) is 18.8 Å². The van der Waals surface area contributed by atoms with Crippen LogP contribution < -0.4 is 5.32 Å². The molecule has 3 N–H and O–H groups in total. The number of amides is 1. The molecule has 0 spiro atoms. The average molecular weight is 389 g/mol. The maximum absolute atomic E-state index is 12.7. The van der Waals surface area contributed by atoms with Gasteiger partial charge in [0.05, 0.1) is 12.1 Å². The van der Waals surface area contributed by atoms with Crippen molar-refractivity contribution in [3.8, 4) is 5.75 Å². The molecule has 1 saturated heterocycles. The quantitative estimate of drug-likeness (QED) is 0.698. The van der Waals surface area contributed by atoms with E-state index in [1.165, 1.54) is 32.1 Å². The average Bonchev–Trinajstić information content (AvgIpc) is 2.68. The van der Waals surface area contributed by atoms with Crippen molar-refractivity contribution >= 4 is 5.91 Å². The van der Waals surface area contributed by atoms with Crippen LogP contribution in [0.4, 0.5) is 0 Å². The lowest BCUT2D eigenvalue weighted by Crippen LogP contribution is -2.53. The summed E-state index contributed by atoms with van der Waals surface area (Å²) in [7, 11) is 0. The van der Waals surface area contributed by atoms with Crippen molar-refractivity contribution in [1.82, 2.24) is 10.2 Å². The summed E-state index contributed by atoms with van der Waals surface area (Å²) in [6.07, 6.45) is 6.67. The fourth-order valence-corrected chi connectivity index (χ4v) is 5.11. The maximum atomic E-state index is 12.7. The molecule has 0 unspecified atom stereocenters. The van der Waals surface area contributed by atoms with Crippen LogP contribution in [-0.4, -0.2) is 52.3 Å². The molecule has 28 heavy (non-hydrogen) atoms. The van der Waals surface area contributed by atoms with Gasteiger partial charge in [-0.2, -0.15) is 0 Å². The smallest absolute Gasteiger partial charge is 0.251 e. The van der Waals surface area contributed by atoms with Gasteiger partial charge in [-0.25, -0.2) is 0 Å². The number of fused-ring (bicyclic) bond motifs is 1. The second-order valence-electron chi connectivity index (χ2n) is 8.85. The maximum Gasteiger partial charge on any atom is 0.251 e. The third kappa shape index (κ3) is 4.69. The Morgan fingerprint density at radius 1 is 1.29 bits per heavy atom. The topological polar surface area (TPSA) is 72.8 Å². The number of aliphatic hydroxyl groups is 1. The minimum atomic E-state index is -0.603. The number of hydrogen-bond acceptors (Lipinski definition) is 4. The van der Waals surface area contributed by atoms with Gasteiger partial charge in [-0.1, -0.05) is 32.3 Å². The SMILES string of the molecule is CC[C@H](NC(=O)c1cccc(O)c1C)[C@H](O)CN1C[C@H]2CCCC[C@H]2C[C@H]1C. The zero-order valence-electron chi connectivity index (χ0n) is 17.5. The fraction of sp³-hybridized carbons (Fsp3) is 0.696. The minimum absolute atomic E-state index is 0.116. The van der Waals surface area contributed by atoms with Gasteiger partial charge in [0.1, 0.15) is 5.75 Å². The summed E-state index contributed by atoms with van der Waals surface area (Å²) in [5.41, 5.74) is 1.03. The number of β-amino-alcohol motifs (C(OH)–C–C–N with tert-alkyl or cyclic N) is 1. The number of piperidine rings is 1. The Labute approximate surface area is 169 Å². The molecule has 1 aliphatic heterocycles. The number of phenols is 1. The molecule has 5 atom stereocenters. The predicted octanol–water partition coefficient (Wildman–Crippen LogP) is 3.47. The third-order valence-electron chi connectivity index (χ3n) is 6.99. The van der Waals surface area contributed by atoms with Crippen molar-refractivity contribution in [1.29, 1.82) is 0 Å². The number of nitrogens with zero attached hydrogens (tertiary/aromatic N) is 1. The number of carbonyl (C=O) groups is 1. The van der Waals surface area contributed by atoms with Gasteiger partial charge in [-0.15, -0.1) is 0 Å². The van der Waals surface area contributed by atoms with Crippen LogP contribution in [0.15, 0.2) is 18.2 Å².